The van der Waals surface area contributed by atoms with Crippen molar-refractivity contribution < 1.29 is 22.7 Å². The Morgan fingerprint density at radius 1 is 1.00 bits per heavy atom. The smallest absolute Gasteiger partial charge is 0.221 e. The number of sulfone groups is 1. The summed E-state index contributed by atoms with van der Waals surface area (Å²) in [6.07, 6.45) is -0.0989. The van der Waals surface area contributed by atoms with Gasteiger partial charge in [0.25, 0.3) is 0 Å². The molecule has 6 nitrogen and oxygen atoms in total. The molecule has 0 saturated heterocycles. The zero-order valence-electron chi connectivity index (χ0n) is 14.2. The topological polar surface area (TPSA) is 81.7 Å². The van der Waals surface area contributed by atoms with E-state index in [0.717, 1.165) is 5.56 Å². The summed E-state index contributed by atoms with van der Waals surface area (Å²) in [6, 6.07) is 13.4. The molecule has 0 bridgehead atoms. The van der Waals surface area contributed by atoms with Crippen molar-refractivity contribution in [3.8, 4) is 11.5 Å². The second-order valence-electron chi connectivity index (χ2n) is 5.37. The fraction of sp³-hybridized carbons (Fsp3) is 0.278. The van der Waals surface area contributed by atoms with E-state index in [1.54, 1.807) is 19.2 Å². The highest BCUT2D eigenvalue weighted by atomic mass is 32.2. The van der Waals surface area contributed by atoms with Gasteiger partial charge in [-0.3, -0.25) is 4.79 Å². The molecule has 0 spiro atoms. The molecule has 0 saturated carbocycles. The van der Waals surface area contributed by atoms with Crippen LogP contribution in [0.25, 0.3) is 0 Å². The molecule has 0 aliphatic carbocycles. The van der Waals surface area contributed by atoms with Gasteiger partial charge in [0.1, 0.15) is 11.5 Å². The lowest BCUT2D eigenvalue weighted by Crippen LogP contribution is -2.25. The lowest BCUT2D eigenvalue weighted by Gasteiger charge is -2.08. The van der Waals surface area contributed by atoms with E-state index in [0.29, 0.717) is 18.0 Å². The van der Waals surface area contributed by atoms with Crippen LogP contribution < -0.4 is 14.8 Å². The van der Waals surface area contributed by atoms with Crippen LogP contribution in [0.3, 0.4) is 0 Å². The summed E-state index contributed by atoms with van der Waals surface area (Å²) in [5, 5.41) is 2.71. The minimum Gasteiger partial charge on any atom is -0.497 e. The molecule has 0 aliphatic heterocycles. The van der Waals surface area contributed by atoms with Crippen molar-refractivity contribution in [1.29, 1.82) is 0 Å². The Balaban J connectivity index is 1.87. The van der Waals surface area contributed by atoms with E-state index in [1.807, 2.05) is 24.3 Å². The highest BCUT2D eigenvalue weighted by molar-refractivity contribution is 7.91. The van der Waals surface area contributed by atoms with Gasteiger partial charge in [-0.05, 0) is 42.0 Å². The van der Waals surface area contributed by atoms with Crippen molar-refractivity contribution in [2.75, 3.05) is 20.0 Å². The Kier molecular flexibility index (Phi) is 6.41. The van der Waals surface area contributed by atoms with Gasteiger partial charge in [0, 0.05) is 13.0 Å². The van der Waals surface area contributed by atoms with Crippen LogP contribution >= 0.6 is 0 Å². The fourth-order valence-corrected chi connectivity index (χ4v) is 3.44. The Bertz CT molecular complexity index is 816. The summed E-state index contributed by atoms with van der Waals surface area (Å²) < 4.78 is 34.6. The molecule has 25 heavy (non-hydrogen) atoms. The van der Waals surface area contributed by atoms with Crippen LogP contribution in [0.15, 0.2) is 53.4 Å². The van der Waals surface area contributed by atoms with Crippen molar-refractivity contribution in [3.63, 3.8) is 0 Å². The molecule has 134 valence electrons. The first-order valence-electron chi connectivity index (χ1n) is 7.71. The summed E-state index contributed by atoms with van der Waals surface area (Å²) in [6.45, 7) is 0.318. The Morgan fingerprint density at radius 2 is 1.68 bits per heavy atom. The molecule has 0 aromatic heterocycles. The van der Waals surface area contributed by atoms with Gasteiger partial charge < -0.3 is 14.8 Å². The van der Waals surface area contributed by atoms with Gasteiger partial charge in [-0.2, -0.15) is 0 Å². The standard InChI is InChI=1S/C18H21NO5S/c1-23-15-6-8-17(9-7-15)25(21,22)11-10-18(20)19-13-14-4-3-5-16(12-14)24-2/h3-9,12H,10-11,13H2,1-2H3,(H,19,20). The van der Waals surface area contributed by atoms with Gasteiger partial charge >= 0.3 is 0 Å². The number of carbonyl (C=O) groups is 1. The molecule has 0 heterocycles. The normalized spacial score (nSPS) is 11.0. The van der Waals surface area contributed by atoms with Crippen LogP contribution in [0.2, 0.25) is 0 Å². The maximum Gasteiger partial charge on any atom is 0.221 e. The number of rotatable bonds is 8. The van der Waals surface area contributed by atoms with E-state index in [1.165, 1.54) is 19.2 Å². The zero-order chi connectivity index (χ0) is 18.3. The maximum atomic E-state index is 12.3. The van der Waals surface area contributed by atoms with Crippen molar-refractivity contribution in [1.82, 2.24) is 5.32 Å². The van der Waals surface area contributed by atoms with Crippen LogP contribution in [0, 0.1) is 0 Å². The second-order valence-corrected chi connectivity index (χ2v) is 7.48. The van der Waals surface area contributed by atoms with Crippen LogP contribution in [-0.4, -0.2) is 34.3 Å². The number of carbonyl (C=O) groups excluding carboxylic acids is 1. The van der Waals surface area contributed by atoms with Gasteiger partial charge in [-0.25, -0.2) is 8.42 Å². The molecule has 0 atom stereocenters. The minimum absolute atomic E-state index is 0.0989. The first kappa shape index (κ1) is 18.8. The first-order chi connectivity index (χ1) is 11.9. The SMILES string of the molecule is COc1ccc(S(=O)(=O)CCC(=O)NCc2cccc(OC)c2)cc1. The van der Waals surface area contributed by atoms with Crippen molar-refractivity contribution in [3.05, 3.63) is 54.1 Å². The van der Waals surface area contributed by atoms with Crippen LogP contribution in [0.5, 0.6) is 11.5 Å². The molecule has 1 amide bonds. The summed E-state index contributed by atoms with van der Waals surface area (Å²) in [5.74, 6) is 0.715. The highest BCUT2D eigenvalue weighted by Crippen LogP contribution is 2.17. The molecule has 7 heteroatoms. The summed E-state index contributed by atoms with van der Waals surface area (Å²) >= 11 is 0. The average molecular weight is 363 g/mol. The summed E-state index contributed by atoms with van der Waals surface area (Å²) in [4.78, 5) is 12.1. The van der Waals surface area contributed by atoms with Gasteiger partial charge in [0.15, 0.2) is 9.84 Å². The number of ether oxygens (including phenoxy) is 2. The number of methoxy groups -OCH3 is 2. The average Bonchev–Trinajstić information content (AvgIpc) is 2.65. The quantitative estimate of drug-likeness (QED) is 0.777. The molecule has 0 fully saturated rings. The molecule has 1 N–H and O–H groups in total. The van der Waals surface area contributed by atoms with E-state index in [2.05, 4.69) is 5.32 Å². The van der Waals surface area contributed by atoms with E-state index in [9.17, 15) is 13.2 Å². The molecule has 2 rings (SSSR count). The Hall–Kier alpha value is -2.54. The largest absolute Gasteiger partial charge is 0.497 e. The predicted octanol–water partition coefficient (Wildman–Crippen LogP) is 2.18. The molecule has 0 unspecified atom stereocenters. The molecule has 2 aromatic rings. The van der Waals surface area contributed by atoms with Gasteiger partial charge in [0.05, 0.1) is 24.9 Å². The summed E-state index contributed by atoms with van der Waals surface area (Å²) in [7, 11) is -0.429. The molecule has 2 aromatic carbocycles. The zero-order valence-corrected chi connectivity index (χ0v) is 15.0. The third kappa shape index (κ3) is 5.49. The van der Waals surface area contributed by atoms with Crippen molar-refractivity contribution in [2.24, 2.45) is 0 Å². The fourth-order valence-electron chi connectivity index (χ4n) is 2.20. The Morgan fingerprint density at radius 3 is 2.32 bits per heavy atom. The molecular formula is C18H21NO5S. The van der Waals surface area contributed by atoms with E-state index >= 15 is 0 Å². The van der Waals surface area contributed by atoms with E-state index in [-0.39, 0.29) is 23.0 Å². The number of nitrogens with one attached hydrogen (secondary N) is 1. The van der Waals surface area contributed by atoms with E-state index in [4.69, 9.17) is 9.47 Å². The summed E-state index contributed by atoms with van der Waals surface area (Å²) in [5.41, 5.74) is 0.880. The number of hydrogen-bond donors (Lipinski definition) is 1. The van der Waals surface area contributed by atoms with Gasteiger partial charge in [0.2, 0.25) is 5.91 Å². The lowest BCUT2D eigenvalue weighted by atomic mass is 10.2. The first-order valence-corrected chi connectivity index (χ1v) is 9.36. The van der Waals surface area contributed by atoms with Gasteiger partial charge in [-0.1, -0.05) is 12.1 Å². The number of amides is 1. The molecular weight excluding hydrogens is 342 g/mol. The lowest BCUT2D eigenvalue weighted by molar-refractivity contribution is -0.120. The van der Waals surface area contributed by atoms with Crippen molar-refractivity contribution in [2.45, 2.75) is 17.9 Å². The third-order valence-corrected chi connectivity index (χ3v) is 5.37. The molecule has 0 radical (unpaired) electrons. The highest BCUT2D eigenvalue weighted by Gasteiger charge is 2.16. The number of hydrogen-bond acceptors (Lipinski definition) is 5. The third-order valence-electron chi connectivity index (χ3n) is 3.64. The number of benzene rings is 2. The predicted molar refractivity (Wildman–Crippen MR) is 94.5 cm³/mol. The van der Waals surface area contributed by atoms with Gasteiger partial charge in [-0.15, -0.1) is 0 Å². The van der Waals surface area contributed by atoms with Crippen LogP contribution in [0.4, 0.5) is 0 Å². The monoisotopic (exact) mass is 363 g/mol. The maximum absolute atomic E-state index is 12.3. The minimum atomic E-state index is -3.51. The Labute approximate surface area is 147 Å². The van der Waals surface area contributed by atoms with Crippen LogP contribution in [0.1, 0.15) is 12.0 Å². The van der Waals surface area contributed by atoms with Crippen LogP contribution in [-0.2, 0) is 21.2 Å². The molecule has 0 aliphatic rings. The van der Waals surface area contributed by atoms with Crippen molar-refractivity contribution >= 4 is 15.7 Å². The van der Waals surface area contributed by atoms with E-state index < -0.39 is 9.84 Å². The second kappa shape index (κ2) is 8.53.